The molecule has 0 aromatic heterocycles. The van der Waals surface area contributed by atoms with Gasteiger partial charge in [-0.15, -0.1) is 0 Å². The topological polar surface area (TPSA) is 113 Å². The number of hydrogen-bond donors (Lipinski definition) is 4. The maximum atomic E-state index is 12.0. The molecular formula is C19H22N4O3. The lowest BCUT2D eigenvalue weighted by molar-refractivity contribution is -0.114. The number of primary amides is 1. The van der Waals surface area contributed by atoms with Gasteiger partial charge in [-0.05, 0) is 56.3 Å². The molecule has 7 heteroatoms. The van der Waals surface area contributed by atoms with Crippen LogP contribution in [0.4, 0.5) is 11.4 Å². The molecule has 3 amide bonds. The van der Waals surface area contributed by atoms with E-state index in [4.69, 9.17) is 5.73 Å². The molecule has 0 aliphatic carbocycles. The second-order valence-corrected chi connectivity index (χ2v) is 6.05. The number of benzene rings is 2. The predicted molar refractivity (Wildman–Crippen MR) is 101 cm³/mol. The summed E-state index contributed by atoms with van der Waals surface area (Å²) in [6.07, 6.45) is 0. The molecule has 0 unspecified atom stereocenters. The van der Waals surface area contributed by atoms with Crippen LogP contribution in [0.5, 0.6) is 0 Å². The molecule has 0 saturated carbocycles. The fraction of sp³-hybridized carbons (Fsp3) is 0.211. The maximum Gasteiger partial charge on any atom is 0.251 e. The van der Waals surface area contributed by atoms with Gasteiger partial charge in [-0.25, -0.2) is 0 Å². The van der Waals surface area contributed by atoms with Crippen molar-refractivity contribution in [3.05, 3.63) is 59.7 Å². The van der Waals surface area contributed by atoms with E-state index in [9.17, 15) is 14.4 Å². The summed E-state index contributed by atoms with van der Waals surface area (Å²) >= 11 is 0. The Bertz CT molecular complexity index is 801. The van der Waals surface area contributed by atoms with Gasteiger partial charge in [0.1, 0.15) is 0 Å². The standard InChI is InChI=1S/C19H22N4O3/c1-12(2)22-19(26)13-6-8-15(9-7-13)21-11-17(24)23-16-5-3-4-14(10-16)18(20)25/h3-10,12,21H,11H2,1-2H3,(H2,20,25)(H,22,26)(H,23,24). The van der Waals surface area contributed by atoms with Crippen LogP contribution in [0, 0.1) is 0 Å². The fourth-order valence-electron chi connectivity index (χ4n) is 2.22. The molecule has 0 saturated heterocycles. The van der Waals surface area contributed by atoms with Crippen molar-refractivity contribution in [2.75, 3.05) is 17.2 Å². The molecule has 2 aromatic carbocycles. The Kier molecular flexibility index (Phi) is 6.32. The van der Waals surface area contributed by atoms with Gasteiger partial charge in [-0.2, -0.15) is 0 Å². The lowest BCUT2D eigenvalue weighted by Crippen LogP contribution is -2.30. The third-order valence-electron chi connectivity index (χ3n) is 3.45. The quantitative estimate of drug-likeness (QED) is 0.609. The molecule has 0 heterocycles. The SMILES string of the molecule is CC(C)NC(=O)c1ccc(NCC(=O)Nc2cccc(C(N)=O)c2)cc1. The highest BCUT2D eigenvalue weighted by Gasteiger charge is 2.08. The predicted octanol–water partition coefficient (Wildman–Crippen LogP) is 1.97. The molecule has 2 rings (SSSR count). The van der Waals surface area contributed by atoms with Gasteiger partial charge in [0.15, 0.2) is 0 Å². The van der Waals surface area contributed by atoms with Crippen molar-refractivity contribution < 1.29 is 14.4 Å². The number of rotatable bonds is 7. The molecule has 7 nitrogen and oxygen atoms in total. The first-order valence-electron chi connectivity index (χ1n) is 8.19. The first kappa shape index (κ1) is 19.0. The Hall–Kier alpha value is -3.35. The molecule has 2 aromatic rings. The van der Waals surface area contributed by atoms with Crippen molar-refractivity contribution in [1.29, 1.82) is 0 Å². The lowest BCUT2D eigenvalue weighted by atomic mass is 10.2. The summed E-state index contributed by atoms with van der Waals surface area (Å²) in [5, 5.41) is 8.47. The van der Waals surface area contributed by atoms with Crippen molar-refractivity contribution in [3.8, 4) is 0 Å². The van der Waals surface area contributed by atoms with Crippen molar-refractivity contribution in [2.24, 2.45) is 5.73 Å². The van der Waals surface area contributed by atoms with Gasteiger partial charge in [0.2, 0.25) is 11.8 Å². The summed E-state index contributed by atoms with van der Waals surface area (Å²) in [5.41, 5.74) is 7.30. The number of carbonyl (C=O) groups is 3. The number of amides is 3. The van der Waals surface area contributed by atoms with Crippen molar-refractivity contribution in [1.82, 2.24) is 5.32 Å². The average Bonchev–Trinajstić information content (AvgIpc) is 2.60. The fourth-order valence-corrected chi connectivity index (χ4v) is 2.22. The highest BCUT2D eigenvalue weighted by atomic mass is 16.2. The molecule has 26 heavy (non-hydrogen) atoms. The molecule has 0 radical (unpaired) electrons. The average molecular weight is 354 g/mol. The molecule has 0 spiro atoms. The molecule has 0 atom stereocenters. The van der Waals surface area contributed by atoms with Crippen LogP contribution in [-0.2, 0) is 4.79 Å². The molecule has 5 N–H and O–H groups in total. The van der Waals surface area contributed by atoms with Crippen molar-refractivity contribution in [2.45, 2.75) is 19.9 Å². The lowest BCUT2D eigenvalue weighted by Gasteiger charge is -2.10. The van der Waals surface area contributed by atoms with Crippen LogP contribution >= 0.6 is 0 Å². The minimum absolute atomic E-state index is 0.0400. The zero-order chi connectivity index (χ0) is 19.1. The number of carbonyl (C=O) groups excluding carboxylic acids is 3. The molecule has 136 valence electrons. The highest BCUT2D eigenvalue weighted by Crippen LogP contribution is 2.12. The second-order valence-electron chi connectivity index (χ2n) is 6.05. The van der Waals surface area contributed by atoms with Crippen LogP contribution in [0.25, 0.3) is 0 Å². The Morgan fingerprint density at radius 2 is 1.65 bits per heavy atom. The molecule has 0 fully saturated rings. The minimum Gasteiger partial charge on any atom is -0.376 e. The minimum atomic E-state index is -0.555. The van der Waals surface area contributed by atoms with E-state index in [0.717, 1.165) is 0 Å². The smallest absolute Gasteiger partial charge is 0.251 e. The van der Waals surface area contributed by atoms with Gasteiger partial charge in [0.05, 0.1) is 6.54 Å². The summed E-state index contributed by atoms with van der Waals surface area (Å²) in [5.74, 6) is -0.965. The van der Waals surface area contributed by atoms with Crippen LogP contribution in [-0.4, -0.2) is 30.3 Å². The van der Waals surface area contributed by atoms with E-state index in [1.54, 1.807) is 42.5 Å². The van der Waals surface area contributed by atoms with E-state index in [1.807, 2.05) is 13.8 Å². The van der Waals surface area contributed by atoms with Gasteiger partial charge in [0, 0.05) is 28.5 Å². The summed E-state index contributed by atoms with van der Waals surface area (Å²) < 4.78 is 0. The largest absolute Gasteiger partial charge is 0.376 e. The van der Waals surface area contributed by atoms with Crippen LogP contribution in [0.1, 0.15) is 34.6 Å². The zero-order valence-corrected chi connectivity index (χ0v) is 14.7. The third kappa shape index (κ3) is 5.62. The van der Waals surface area contributed by atoms with Gasteiger partial charge >= 0.3 is 0 Å². The maximum absolute atomic E-state index is 12.0. The van der Waals surface area contributed by atoms with E-state index in [1.165, 1.54) is 6.07 Å². The van der Waals surface area contributed by atoms with Gasteiger partial charge < -0.3 is 21.7 Å². The van der Waals surface area contributed by atoms with E-state index in [-0.39, 0.29) is 24.4 Å². The molecule has 0 bridgehead atoms. The Morgan fingerprint density at radius 1 is 0.962 bits per heavy atom. The highest BCUT2D eigenvalue weighted by molar-refractivity contribution is 5.97. The number of nitrogens with two attached hydrogens (primary N) is 1. The summed E-state index contributed by atoms with van der Waals surface area (Å²) in [7, 11) is 0. The van der Waals surface area contributed by atoms with Crippen LogP contribution in [0.2, 0.25) is 0 Å². The molecular weight excluding hydrogens is 332 g/mol. The second kappa shape index (κ2) is 8.66. The van der Waals surface area contributed by atoms with Crippen LogP contribution in [0.3, 0.4) is 0 Å². The number of hydrogen-bond acceptors (Lipinski definition) is 4. The Morgan fingerprint density at radius 3 is 2.27 bits per heavy atom. The number of anilines is 2. The van der Waals surface area contributed by atoms with E-state index < -0.39 is 5.91 Å². The summed E-state index contributed by atoms with van der Waals surface area (Å²) in [6.45, 7) is 3.83. The first-order chi connectivity index (χ1) is 12.3. The van der Waals surface area contributed by atoms with Gasteiger partial charge in [-0.1, -0.05) is 6.07 Å². The van der Waals surface area contributed by atoms with Crippen LogP contribution < -0.4 is 21.7 Å². The van der Waals surface area contributed by atoms with Crippen molar-refractivity contribution in [3.63, 3.8) is 0 Å². The van der Waals surface area contributed by atoms with E-state index >= 15 is 0 Å². The van der Waals surface area contributed by atoms with Gasteiger partial charge in [0.25, 0.3) is 5.91 Å². The van der Waals surface area contributed by atoms with Crippen LogP contribution in [0.15, 0.2) is 48.5 Å². The van der Waals surface area contributed by atoms with Gasteiger partial charge in [-0.3, -0.25) is 14.4 Å². The first-order valence-corrected chi connectivity index (χ1v) is 8.19. The van der Waals surface area contributed by atoms with Crippen molar-refractivity contribution >= 4 is 29.1 Å². The molecule has 0 aliphatic heterocycles. The monoisotopic (exact) mass is 354 g/mol. The summed E-state index contributed by atoms with van der Waals surface area (Å²) in [4.78, 5) is 35.0. The Balaban J connectivity index is 1.88. The van der Waals surface area contributed by atoms with E-state index in [2.05, 4.69) is 16.0 Å². The van der Waals surface area contributed by atoms with E-state index in [0.29, 0.717) is 22.5 Å². The zero-order valence-electron chi connectivity index (χ0n) is 14.7. The summed E-state index contributed by atoms with van der Waals surface area (Å²) in [6, 6.07) is 13.3. The molecule has 0 aliphatic rings. The number of nitrogens with one attached hydrogen (secondary N) is 3. The third-order valence-corrected chi connectivity index (χ3v) is 3.45. The Labute approximate surface area is 152 Å². The normalized spacial score (nSPS) is 10.3.